The fraction of sp³-hybridized carbons (Fsp3) is 0.320. The highest BCUT2D eigenvalue weighted by Crippen LogP contribution is 2.26. The minimum Gasteiger partial charge on any atom is -0.489 e. The van der Waals surface area contributed by atoms with Crippen LogP contribution in [0.3, 0.4) is 0 Å². The van der Waals surface area contributed by atoms with Gasteiger partial charge in [0.15, 0.2) is 0 Å². The molecule has 1 atom stereocenters. The smallest absolute Gasteiger partial charge is 0.255 e. The van der Waals surface area contributed by atoms with Crippen molar-refractivity contribution >= 4 is 23.2 Å². The summed E-state index contributed by atoms with van der Waals surface area (Å²) in [6.45, 7) is 1.75. The van der Waals surface area contributed by atoms with Crippen LogP contribution in [0.25, 0.3) is 0 Å². The maximum atomic E-state index is 12.9. The highest BCUT2D eigenvalue weighted by atomic mass is 16.5. The average molecular weight is 449 g/mol. The number of hydrogen-bond acceptors (Lipinski definition) is 5. The van der Waals surface area contributed by atoms with E-state index < -0.39 is 0 Å². The van der Waals surface area contributed by atoms with Gasteiger partial charge in [0.2, 0.25) is 5.91 Å². The summed E-state index contributed by atoms with van der Waals surface area (Å²) >= 11 is 0. The van der Waals surface area contributed by atoms with Crippen LogP contribution < -0.4 is 15.4 Å². The Kier molecular flexibility index (Phi) is 7.71. The molecule has 1 saturated heterocycles. The third-order valence-corrected chi connectivity index (χ3v) is 5.40. The van der Waals surface area contributed by atoms with E-state index in [2.05, 4.69) is 15.6 Å². The van der Waals surface area contributed by atoms with Gasteiger partial charge in [0.25, 0.3) is 5.91 Å². The minimum atomic E-state index is -0.283. The van der Waals surface area contributed by atoms with Crippen LogP contribution in [0.4, 0.5) is 11.4 Å². The number of aryl methyl sites for hydroxylation is 1. The molecule has 0 aliphatic carbocycles. The summed E-state index contributed by atoms with van der Waals surface area (Å²) in [5.41, 5.74) is 1.60. The van der Waals surface area contributed by atoms with Gasteiger partial charge in [0.05, 0.1) is 18.1 Å². The van der Waals surface area contributed by atoms with Gasteiger partial charge in [-0.25, -0.2) is 4.98 Å². The molecule has 1 aromatic heterocycles. The zero-order chi connectivity index (χ0) is 22.9. The second-order valence-corrected chi connectivity index (χ2v) is 7.93. The zero-order valence-corrected chi connectivity index (χ0v) is 18.4. The lowest BCUT2D eigenvalue weighted by Gasteiger charge is -2.23. The number of nitrogens with zero attached hydrogens (tertiary/aromatic N) is 2. The molecule has 0 bridgehead atoms. The van der Waals surface area contributed by atoms with Gasteiger partial charge in [-0.2, -0.15) is 0 Å². The lowest BCUT2D eigenvalue weighted by atomic mass is 10.1. The van der Waals surface area contributed by atoms with Crippen molar-refractivity contribution in [2.24, 2.45) is 0 Å². The highest BCUT2D eigenvalue weighted by molar-refractivity contribution is 6.06. The molecular weight excluding hydrogens is 420 g/mol. The van der Waals surface area contributed by atoms with Crippen molar-refractivity contribution in [1.29, 1.82) is 0 Å². The molecule has 1 aliphatic rings. The van der Waals surface area contributed by atoms with E-state index in [4.69, 9.17) is 9.47 Å². The number of amides is 2. The van der Waals surface area contributed by atoms with E-state index in [0.29, 0.717) is 42.3 Å². The SMILES string of the molecule is O=C(CCn1ccnc1)Nc1cccc(C(=O)Nc2ccccc2OCC2CCCCO2)c1. The van der Waals surface area contributed by atoms with Crippen molar-refractivity contribution in [3.8, 4) is 5.75 Å². The third kappa shape index (κ3) is 6.66. The molecule has 1 unspecified atom stereocenters. The van der Waals surface area contributed by atoms with Crippen molar-refractivity contribution in [3.63, 3.8) is 0 Å². The second-order valence-electron chi connectivity index (χ2n) is 7.93. The molecule has 2 N–H and O–H groups in total. The third-order valence-electron chi connectivity index (χ3n) is 5.40. The minimum absolute atomic E-state index is 0.0802. The Morgan fingerprint density at radius 2 is 2.03 bits per heavy atom. The molecule has 1 aliphatic heterocycles. The van der Waals surface area contributed by atoms with E-state index >= 15 is 0 Å². The summed E-state index contributed by atoms with van der Waals surface area (Å²) in [6.07, 6.45) is 8.75. The van der Waals surface area contributed by atoms with E-state index in [9.17, 15) is 9.59 Å². The molecule has 0 saturated carbocycles. The number of anilines is 2. The molecule has 0 radical (unpaired) electrons. The first-order valence-corrected chi connectivity index (χ1v) is 11.2. The van der Waals surface area contributed by atoms with E-state index in [0.717, 1.165) is 25.9 Å². The van der Waals surface area contributed by atoms with Crippen LogP contribution >= 0.6 is 0 Å². The summed E-state index contributed by atoms with van der Waals surface area (Å²) < 4.78 is 13.5. The maximum absolute atomic E-state index is 12.9. The number of rotatable bonds is 9. The van der Waals surface area contributed by atoms with Crippen molar-refractivity contribution in [3.05, 3.63) is 72.8 Å². The van der Waals surface area contributed by atoms with Gasteiger partial charge in [0.1, 0.15) is 12.4 Å². The maximum Gasteiger partial charge on any atom is 0.255 e. The molecule has 2 aromatic carbocycles. The van der Waals surface area contributed by atoms with Crippen molar-refractivity contribution < 1.29 is 19.1 Å². The normalized spacial score (nSPS) is 15.6. The molecular formula is C25H28N4O4. The topological polar surface area (TPSA) is 94.5 Å². The molecule has 2 heterocycles. The van der Waals surface area contributed by atoms with Gasteiger partial charge < -0.3 is 24.7 Å². The lowest BCUT2D eigenvalue weighted by Crippen LogP contribution is -2.26. The fourth-order valence-electron chi connectivity index (χ4n) is 3.62. The number of carbonyl (C=O) groups is 2. The monoisotopic (exact) mass is 448 g/mol. The number of ether oxygens (including phenoxy) is 2. The van der Waals surface area contributed by atoms with Crippen LogP contribution in [0.1, 0.15) is 36.0 Å². The zero-order valence-electron chi connectivity index (χ0n) is 18.4. The molecule has 172 valence electrons. The Bertz CT molecular complexity index is 1060. The molecule has 8 heteroatoms. The summed E-state index contributed by atoms with van der Waals surface area (Å²) in [5.74, 6) is 0.184. The molecule has 1 fully saturated rings. The predicted molar refractivity (Wildman–Crippen MR) is 125 cm³/mol. The van der Waals surface area contributed by atoms with E-state index in [1.54, 1.807) is 42.9 Å². The molecule has 4 rings (SSSR count). The number of hydrogen-bond donors (Lipinski definition) is 2. The predicted octanol–water partition coefficient (Wildman–Crippen LogP) is 4.11. The standard InChI is InChI=1S/C25H28N4O4/c30-24(11-13-29-14-12-26-18-29)27-20-7-5-6-19(16-20)25(31)28-22-9-1-2-10-23(22)33-17-21-8-3-4-15-32-21/h1-2,5-7,9-10,12,14,16,18,21H,3-4,8,11,13,15,17H2,(H,27,30)(H,28,31). The summed E-state index contributed by atoms with van der Waals surface area (Å²) in [7, 11) is 0. The van der Waals surface area contributed by atoms with Gasteiger partial charge >= 0.3 is 0 Å². The second kappa shape index (κ2) is 11.3. The number of para-hydroxylation sites is 2. The van der Waals surface area contributed by atoms with Crippen LogP contribution in [0.15, 0.2) is 67.3 Å². The first kappa shape index (κ1) is 22.5. The van der Waals surface area contributed by atoms with Gasteiger partial charge in [-0.3, -0.25) is 9.59 Å². The molecule has 0 spiro atoms. The Labute approximate surface area is 192 Å². The Morgan fingerprint density at radius 1 is 1.12 bits per heavy atom. The number of carbonyl (C=O) groups excluding carboxylic acids is 2. The number of nitrogens with one attached hydrogen (secondary N) is 2. The van der Waals surface area contributed by atoms with Crippen LogP contribution in [-0.4, -0.2) is 40.7 Å². The van der Waals surface area contributed by atoms with Crippen LogP contribution in [0.2, 0.25) is 0 Å². The van der Waals surface area contributed by atoms with Crippen LogP contribution in [0.5, 0.6) is 5.75 Å². The summed E-state index contributed by atoms with van der Waals surface area (Å²) in [6, 6.07) is 14.2. The largest absolute Gasteiger partial charge is 0.489 e. The van der Waals surface area contributed by atoms with Crippen molar-refractivity contribution in [1.82, 2.24) is 9.55 Å². The van der Waals surface area contributed by atoms with Crippen molar-refractivity contribution in [2.45, 2.75) is 38.3 Å². The van der Waals surface area contributed by atoms with Crippen LogP contribution in [0, 0.1) is 0 Å². The summed E-state index contributed by atoms with van der Waals surface area (Å²) in [5, 5.41) is 5.75. The van der Waals surface area contributed by atoms with Gasteiger partial charge in [-0.1, -0.05) is 18.2 Å². The Balaban J connectivity index is 1.34. The van der Waals surface area contributed by atoms with Gasteiger partial charge in [-0.05, 0) is 49.6 Å². The quantitative estimate of drug-likeness (QED) is 0.514. The average Bonchev–Trinajstić information content (AvgIpc) is 3.37. The van der Waals surface area contributed by atoms with Crippen molar-refractivity contribution in [2.75, 3.05) is 23.8 Å². The molecule has 8 nitrogen and oxygen atoms in total. The number of aromatic nitrogens is 2. The lowest BCUT2D eigenvalue weighted by molar-refractivity contribution is -0.116. The number of benzene rings is 2. The van der Waals surface area contributed by atoms with Crippen LogP contribution in [-0.2, 0) is 16.1 Å². The molecule has 33 heavy (non-hydrogen) atoms. The van der Waals surface area contributed by atoms with Gasteiger partial charge in [-0.15, -0.1) is 0 Å². The molecule has 3 aromatic rings. The fourth-order valence-corrected chi connectivity index (χ4v) is 3.62. The van der Waals surface area contributed by atoms with E-state index in [1.807, 2.05) is 29.0 Å². The Hall–Kier alpha value is -3.65. The van der Waals surface area contributed by atoms with E-state index in [1.165, 1.54) is 0 Å². The first-order valence-electron chi connectivity index (χ1n) is 11.2. The van der Waals surface area contributed by atoms with E-state index in [-0.39, 0.29) is 17.9 Å². The molecule has 2 amide bonds. The summed E-state index contributed by atoms with van der Waals surface area (Å²) in [4.78, 5) is 29.1. The van der Waals surface area contributed by atoms with Gasteiger partial charge in [0, 0.05) is 43.2 Å². The Morgan fingerprint density at radius 3 is 2.85 bits per heavy atom. The number of imidazole rings is 1. The highest BCUT2D eigenvalue weighted by Gasteiger charge is 2.16. The first-order chi connectivity index (χ1) is 16.2.